The zero-order valence-electron chi connectivity index (χ0n) is 64.5. The summed E-state index contributed by atoms with van der Waals surface area (Å²) in [5, 5.41) is 26.2. The van der Waals surface area contributed by atoms with Crippen LogP contribution in [0.4, 0.5) is 0 Å². The van der Waals surface area contributed by atoms with E-state index in [0.717, 1.165) is 27.1 Å². The highest BCUT2D eigenvalue weighted by atomic mass is 16.5. The predicted molar refractivity (Wildman–Crippen MR) is 387 cm³/mol. The predicted octanol–water partition coefficient (Wildman–Crippen LogP) is 4.23. The third-order valence-electron chi connectivity index (χ3n) is 18.8. The molecule has 2 fully saturated rings. The molecule has 0 unspecified atom stereocenters. The summed E-state index contributed by atoms with van der Waals surface area (Å²) in [5.74, 6) is -10.5. The quantitative estimate of drug-likeness (QED) is 0.117. The molecule has 568 valence electrons. The molecule has 101 heavy (non-hydrogen) atoms. The molecule has 0 saturated carbocycles. The average Bonchev–Trinajstić information content (AvgIpc) is 1.80. The van der Waals surface area contributed by atoms with Gasteiger partial charge in [-0.25, -0.2) is 0 Å². The van der Waals surface area contributed by atoms with Crippen molar-refractivity contribution in [3.05, 3.63) is 36.0 Å². The highest BCUT2D eigenvalue weighted by Gasteiger charge is 2.44. The molecule has 3 heterocycles. The fraction of sp³-hybridized carbons (Fsp3) is 0.730. The number of aromatic nitrogens is 1. The number of para-hydroxylation sites is 1. The van der Waals surface area contributed by atoms with Gasteiger partial charge in [-0.15, -0.1) is 0 Å². The van der Waals surface area contributed by atoms with E-state index < -0.39 is 162 Å². The summed E-state index contributed by atoms with van der Waals surface area (Å²) in [6.45, 7) is 28.1. The number of likely N-dealkylation sites (N-methyl/N-ethyl adjacent to an activating group) is 6. The third kappa shape index (κ3) is 24.8. The molecule has 7 N–H and O–H groups in total. The molecule has 0 radical (unpaired) electrons. The van der Waals surface area contributed by atoms with Crippen molar-refractivity contribution in [2.45, 2.75) is 247 Å². The summed E-state index contributed by atoms with van der Waals surface area (Å²) in [6.07, 6.45) is 2.01. The van der Waals surface area contributed by atoms with Crippen LogP contribution >= 0.6 is 0 Å². The van der Waals surface area contributed by atoms with Crippen LogP contribution in [0.1, 0.15) is 174 Å². The zero-order chi connectivity index (χ0) is 76.4. The minimum absolute atomic E-state index is 0.0511. The molecule has 12 amide bonds. The van der Waals surface area contributed by atoms with Crippen molar-refractivity contribution in [1.29, 1.82) is 0 Å². The van der Waals surface area contributed by atoms with Crippen LogP contribution in [-0.4, -0.2) is 256 Å². The number of aliphatic hydroxyl groups is 1. The number of hydrogen-bond donors (Lipinski definition) is 7. The van der Waals surface area contributed by atoms with Crippen molar-refractivity contribution in [2.24, 2.45) is 35.5 Å². The van der Waals surface area contributed by atoms with Crippen molar-refractivity contribution >= 4 is 81.8 Å². The lowest BCUT2D eigenvalue weighted by atomic mass is 9.96. The number of benzene rings is 1. The number of aliphatic hydroxyl groups excluding tert-OH is 1. The Bertz CT molecular complexity index is 3170. The van der Waals surface area contributed by atoms with Gasteiger partial charge in [0.1, 0.15) is 60.4 Å². The van der Waals surface area contributed by atoms with Crippen LogP contribution in [-0.2, 0) is 68.7 Å². The van der Waals surface area contributed by atoms with Crippen LogP contribution in [0.25, 0.3) is 10.9 Å². The first-order chi connectivity index (χ1) is 47.0. The molecule has 2 aliphatic heterocycles. The molecular weight excluding hydrogens is 1290 g/mol. The molecule has 0 spiro atoms. The van der Waals surface area contributed by atoms with Crippen LogP contribution in [0.15, 0.2) is 30.5 Å². The van der Waals surface area contributed by atoms with Gasteiger partial charge in [-0.1, -0.05) is 101 Å². The van der Waals surface area contributed by atoms with Gasteiger partial charge in [-0.2, -0.15) is 0 Å². The molecule has 4 rings (SSSR count). The summed E-state index contributed by atoms with van der Waals surface area (Å²) < 4.78 is 6.17. The second-order valence-electron chi connectivity index (χ2n) is 31.5. The van der Waals surface area contributed by atoms with Gasteiger partial charge in [-0.05, 0) is 126 Å². The van der Waals surface area contributed by atoms with E-state index in [4.69, 9.17) is 4.74 Å². The lowest BCUT2D eigenvalue weighted by Gasteiger charge is -2.38. The van der Waals surface area contributed by atoms with Gasteiger partial charge in [0.05, 0.1) is 31.3 Å². The molecule has 27 heteroatoms. The van der Waals surface area contributed by atoms with Gasteiger partial charge in [0.2, 0.25) is 70.9 Å². The normalized spacial score (nSPS) is 25.2. The van der Waals surface area contributed by atoms with Crippen LogP contribution in [0.5, 0.6) is 0 Å². The number of ether oxygens (including phenoxy) is 1. The van der Waals surface area contributed by atoms with E-state index in [1.165, 1.54) is 68.8 Å². The van der Waals surface area contributed by atoms with E-state index in [-0.39, 0.29) is 74.7 Å². The standard InChI is InChI=1S/C74H123N13O14/c1-42(2)32-52-68(95)83(19)57(35-45(7)8)67(94)80-63(48(13)88)72(99)81(17)40-61(90)82(18)55(33-43(3)4)64(91)78-54(41-101-74(14,15)16)69(96)86(22)59(36-46(9)10)71(98)84(20)56(34-44(5)6)65(92)77-53(70(97)87-30-26-23-27-31-87)38-60(89)79-62(47(11)12)73(100)85(21)58(66(93)76-52)37-49-39-75-51-29-25-24-28-50(49)51/h24-25,28-29,39,42-48,52-59,62-63,75,88H,23,26-27,30-38,40-41H2,1-22H3,(H,76,93)(H,77,92)(H,78,91)(H,79,89)(H,80,94)/t48-,52+,53+,54+,55+,56+,57+,58+,59+,62-,63+/m1/s1. The highest BCUT2D eigenvalue weighted by Crippen LogP contribution is 2.26. The summed E-state index contributed by atoms with van der Waals surface area (Å²) in [4.78, 5) is 192. The number of amides is 12. The number of carbonyl (C=O) groups excluding carboxylic acids is 12. The van der Waals surface area contributed by atoms with Gasteiger partial charge < -0.3 is 75.7 Å². The Labute approximate surface area is 599 Å². The Hall–Kier alpha value is -7.68. The van der Waals surface area contributed by atoms with E-state index in [0.29, 0.717) is 31.5 Å². The van der Waals surface area contributed by atoms with E-state index in [9.17, 15) is 33.9 Å². The Morgan fingerprint density at radius 1 is 0.515 bits per heavy atom. The number of hydrogen-bond acceptors (Lipinski definition) is 14. The Balaban J connectivity index is 1.99. The second-order valence-corrected chi connectivity index (χ2v) is 31.5. The lowest BCUT2D eigenvalue weighted by Crippen LogP contribution is -2.62. The average molecular weight is 1420 g/mol. The Kier molecular flexibility index (Phi) is 32.7. The minimum atomic E-state index is -1.66. The van der Waals surface area contributed by atoms with E-state index in [2.05, 4.69) is 31.6 Å². The molecular formula is C74H123N13O14. The first-order valence-electron chi connectivity index (χ1n) is 36.2. The third-order valence-corrected chi connectivity index (χ3v) is 18.8. The summed E-state index contributed by atoms with van der Waals surface area (Å²) in [5.41, 5.74) is 0.554. The van der Waals surface area contributed by atoms with Gasteiger partial charge >= 0.3 is 0 Å². The number of fused-ring (bicyclic) bond motifs is 1. The fourth-order valence-electron chi connectivity index (χ4n) is 12.9. The van der Waals surface area contributed by atoms with Crippen LogP contribution in [0, 0.1) is 35.5 Å². The Morgan fingerprint density at radius 3 is 1.50 bits per heavy atom. The van der Waals surface area contributed by atoms with Crippen molar-refractivity contribution < 1.29 is 67.4 Å². The van der Waals surface area contributed by atoms with Crippen molar-refractivity contribution in [1.82, 2.24) is 65.9 Å². The molecule has 2 saturated heterocycles. The lowest BCUT2D eigenvalue weighted by molar-refractivity contribution is -0.152. The SMILES string of the molecule is CC(C)C[C@@H]1NC(=O)[C@H](Cc2c[nH]c3ccccc23)N(C)C(=O)[C@@H](C(C)C)NC(=O)C[C@@H](C(=O)N2CCCCC2)NC(=O)[C@H](CC(C)C)N(C)C(=O)[C@H](CC(C)C)N(C)C(=O)[C@H](COC(C)(C)C)NC(=O)[C@H](CC(C)C)N(C)C(=O)CN(C)C(=O)[C@H]([C@@H](C)O)NC(=O)[C@H](CC(C)C)N(C)C1=O. The number of nitrogens with zero attached hydrogens (tertiary/aromatic N) is 7. The summed E-state index contributed by atoms with van der Waals surface area (Å²) in [7, 11) is 8.36. The first kappa shape index (κ1) is 85.7. The van der Waals surface area contributed by atoms with E-state index in [1.54, 1.807) is 45.7 Å². The molecule has 2 aliphatic rings. The van der Waals surface area contributed by atoms with Crippen molar-refractivity contribution in [3.8, 4) is 0 Å². The smallest absolute Gasteiger partial charge is 0.248 e. The summed E-state index contributed by atoms with van der Waals surface area (Å²) in [6, 6.07) is -6.25. The van der Waals surface area contributed by atoms with E-state index in [1.807, 2.05) is 93.5 Å². The maximum absolute atomic E-state index is 15.4. The molecule has 2 aromatic rings. The molecule has 27 nitrogen and oxygen atoms in total. The molecule has 0 aliphatic carbocycles. The number of nitrogens with one attached hydrogen (secondary N) is 6. The van der Waals surface area contributed by atoms with Crippen LogP contribution in [0.2, 0.25) is 0 Å². The second kappa shape index (κ2) is 38.5. The summed E-state index contributed by atoms with van der Waals surface area (Å²) >= 11 is 0. The number of aromatic amines is 1. The molecule has 1 aromatic heterocycles. The largest absolute Gasteiger partial charge is 0.391 e. The van der Waals surface area contributed by atoms with Crippen LogP contribution in [0.3, 0.4) is 0 Å². The van der Waals surface area contributed by atoms with Crippen molar-refractivity contribution in [3.63, 3.8) is 0 Å². The monoisotopic (exact) mass is 1420 g/mol. The number of likely N-dealkylation sites (tertiary alicyclic amines) is 1. The van der Waals surface area contributed by atoms with Crippen molar-refractivity contribution in [2.75, 3.05) is 68.5 Å². The van der Waals surface area contributed by atoms with E-state index >= 15 is 28.8 Å². The molecule has 1 aromatic carbocycles. The van der Waals surface area contributed by atoms with Gasteiger partial charge in [0, 0.05) is 78.9 Å². The highest BCUT2D eigenvalue weighted by molar-refractivity contribution is 6.00. The van der Waals surface area contributed by atoms with Gasteiger partial charge in [-0.3, -0.25) is 57.5 Å². The number of rotatable bonds is 17. The Morgan fingerprint density at radius 2 is 0.970 bits per heavy atom. The van der Waals surface area contributed by atoms with Gasteiger partial charge in [0.25, 0.3) is 0 Å². The topological polar surface area (TPSA) is 333 Å². The van der Waals surface area contributed by atoms with Crippen LogP contribution < -0.4 is 26.6 Å². The maximum atomic E-state index is 15.4. The number of carbonyl (C=O) groups is 12. The van der Waals surface area contributed by atoms with Gasteiger partial charge in [0.15, 0.2) is 0 Å². The maximum Gasteiger partial charge on any atom is 0.248 e. The number of H-pyrrole nitrogens is 1. The number of piperidine rings is 1. The molecule has 0 bridgehead atoms. The first-order valence-corrected chi connectivity index (χ1v) is 36.2. The fourth-order valence-corrected chi connectivity index (χ4v) is 12.9. The minimum Gasteiger partial charge on any atom is -0.391 e. The molecule has 11 atom stereocenters. The zero-order valence-corrected chi connectivity index (χ0v) is 64.5.